The van der Waals surface area contributed by atoms with Crippen LogP contribution >= 0.6 is 15.9 Å². The highest BCUT2D eigenvalue weighted by Gasteiger charge is 2.20. The molecular weight excluding hydrogens is 310 g/mol. The molecule has 1 nitrogen and oxygen atoms in total. The standard InChI is InChI=1S/C18H22BrN/c1-3-17(15-7-5-4-6-8-15)18(20-2)13-14-9-11-16(19)12-10-14/h4-12,17-18,20H,3,13H2,1-2H3. The van der Waals surface area contributed by atoms with Gasteiger partial charge in [0.2, 0.25) is 0 Å². The molecule has 0 aliphatic rings. The predicted molar refractivity (Wildman–Crippen MR) is 90.2 cm³/mol. The second-order valence-corrected chi connectivity index (χ2v) is 6.07. The fourth-order valence-corrected chi connectivity index (χ4v) is 3.04. The van der Waals surface area contributed by atoms with Crippen LogP contribution in [0.15, 0.2) is 59.1 Å². The molecule has 0 aliphatic heterocycles. The molecule has 2 rings (SSSR count). The van der Waals surface area contributed by atoms with E-state index in [-0.39, 0.29) is 0 Å². The lowest BCUT2D eigenvalue weighted by Gasteiger charge is -2.26. The lowest BCUT2D eigenvalue weighted by atomic mass is 9.86. The van der Waals surface area contributed by atoms with Crippen LogP contribution in [0, 0.1) is 0 Å². The number of likely N-dealkylation sites (N-methyl/N-ethyl adjacent to an activating group) is 1. The second kappa shape index (κ2) is 7.61. The Balaban J connectivity index is 2.15. The molecular formula is C18H22BrN. The van der Waals surface area contributed by atoms with Gasteiger partial charge in [0.25, 0.3) is 0 Å². The van der Waals surface area contributed by atoms with Gasteiger partial charge in [0, 0.05) is 10.5 Å². The summed E-state index contributed by atoms with van der Waals surface area (Å²) in [5.74, 6) is 0.546. The van der Waals surface area contributed by atoms with E-state index in [9.17, 15) is 0 Å². The van der Waals surface area contributed by atoms with E-state index in [1.165, 1.54) is 11.1 Å². The number of nitrogens with one attached hydrogen (secondary N) is 1. The Kier molecular flexibility index (Phi) is 5.81. The summed E-state index contributed by atoms with van der Waals surface area (Å²) < 4.78 is 1.14. The molecule has 2 unspecified atom stereocenters. The lowest BCUT2D eigenvalue weighted by Crippen LogP contribution is -2.34. The minimum Gasteiger partial charge on any atom is -0.316 e. The van der Waals surface area contributed by atoms with Gasteiger partial charge in [0.05, 0.1) is 0 Å². The summed E-state index contributed by atoms with van der Waals surface area (Å²) in [6.07, 6.45) is 2.20. The summed E-state index contributed by atoms with van der Waals surface area (Å²) in [4.78, 5) is 0. The first-order chi connectivity index (χ1) is 9.74. The van der Waals surface area contributed by atoms with Crippen LogP contribution in [0.1, 0.15) is 30.4 Å². The summed E-state index contributed by atoms with van der Waals surface area (Å²) in [5, 5.41) is 3.50. The molecule has 0 aliphatic carbocycles. The van der Waals surface area contributed by atoms with Crippen LogP contribution < -0.4 is 5.32 Å². The smallest absolute Gasteiger partial charge is 0.0175 e. The Morgan fingerprint density at radius 3 is 2.20 bits per heavy atom. The number of hydrogen-bond acceptors (Lipinski definition) is 1. The number of hydrogen-bond donors (Lipinski definition) is 1. The van der Waals surface area contributed by atoms with Gasteiger partial charge in [-0.1, -0.05) is 65.3 Å². The molecule has 0 saturated heterocycles. The largest absolute Gasteiger partial charge is 0.316 e. The van der Waals surface area contributed by atoms with Gasteiger partial charge in [-0.25, -0.2) is 0 Å². The molecule has 2 heteroatoms. The Bertz CT molecular complexity index is 507. The molecule has 2 aromatic rings. The topological polar surface area (TPSA) is 12.0 Å². The van der Waals surface area contributed by atoms with Crippen LogP contribution in [0.4, 0.5) is 0 Å². The Morgan fingerprint density at radius 2 is 1.65 bits per heavy atom. The first kappa shape index (κ1) is 15.3. The van der Waals surface area contributed by atoms with Gasteiger partial charge in [0.15, 0.2) is 0 Å². The maximum absolute atomic E-state index is 3.50. The van der Waals surface area contributed by atoms with E-state index in [1.54, 1.807) is 0 Å². The minimum atomic E-state index is 0.462. The van der Waals surface area contributed by atoms with Crippen LogP contribution in [-0.2, 0) is 6.42 Å². The zero-order valence-electron chi connectivity index (χ0n) is 12.1. The molecule has 0 fully saturated rings. The van der Waals surface area contributed by atoms with Crippen LogP contribution in [-0.4, -0.2) is 13.1 Å². The molecule has 2 aromatic carbocycles. The van der Waals surface area contributed by atoms with Crippen molar-refractivity contribution in [3.63, 3.8) is 0 Å². The van der Waals surface area contributed by atoms with Crippen molar-refractivity contribution in [1.29, 1.82) is 0 Å². The number of benzene rings is 2. The van der Waals surface area contributed by atoms with Crippen molar-refractivity contribution >= 4 is 15.9 Å². The first-order valence-electron chi connectivity index (χ1n) is 7.21. The quantitative estimate of drug-likeness (QED) is 0.803. The molecule has 0 bridgehead atoms. The van der Waals surface area contributed by atoms with Crippen LogP contribution in [0.3, 0.4) is 0 Å². The van der Waals surface area contributed by atoms with Crippen molar-refractivity contribution in [2.24, 2.45) is 0 Å². The predicted octanol–water partition coefficient (Wildman–Crippen LogP) is 4.77. The lowest BCUT2D eigenvalue weighted by molar-refractivity contribution is 0.448. The van der Waals surface area contributed by atoms with Gasteiger partial charge in [-0.15, -0.1) is 0 Å². The van der Waals surface area contributed by atoms with Crippen molar-refractivity contribution in [2.75, 3.05) is 7.05 Å². The second-order valence-electron chi connectivity index (χ2n) is 5.15. The molecule has 2 atom stereocenters. The van der Waals surface area contributed by atoms with Gasteiger partial charge in [-0.2, -0.15) is 0 Å². The summed E-state index contributed by atoms with van der Waals surface area (Å²) in [6, 6.07) is 19.9. The van der Waals surface area contributed by atoms with E-state index < -0.39 is 0 Å². The van der Waals surface area contributed by atoms with E-state index in [2.05, 4.69) is 89.8 Å². The molecule has 0 amide bonds. The molecule has 0 heterocycles. The van der Waals surface area contributed by atoms with E-state index in [4.69, 9.17) is 0 Å². The third kappa shape index (κ3) is 3.94. The molecule has 1 N–H and O–H groups in total. The molecule has 106 valence electrons. The van der Waals surface area contributed by atoms with Crippen LogP contribution in [0.2, 0.25) is 0 Å². The van der Waals surface area contributed by atoms with E-state index in [0.29, 0.717) is 12.0 Å². The maximum Gasteiger partial charge on any atom is 0.0175 e. The Labute approximate surface area is 130 Å². The van der Waals surface area contributed by atoms with E-state index in [1.807, 2.05) is 0 Å². The molecule has 20 heavy (non-hydrogen) atoms. The summed E-state index contributed by atoms with van der Waals surface area (Å²) in [6.45, 7) is 2.27. The summed E-state index contributed by atoms with van der Waals surface area (Å²) >= 11 is 3.49. The normalized spacial score (nSPS) is 13.9. The van der Waals surface area contributed by atoms with Crippen LogP contribution in [0.5, 0.6) is 0 Å². The number of rotatable bonds is 6. The maximum atomic E-state index is 3.50. The zero-order valence-corrected chi connectivity index (χ0v) is 13.7. The molecule has 0 aromatic heterocycles. The highest BCUT2D eigenvalue weighted by atomic mass is 79.9. The highest BCUT2D eigenvalue weighted by Crippen LogP contribution is 2.25. The Morgan fingerprint density at radius 1 is 1.00 bits per heavy atom. The van der Waals surface area contributed by atoms with Gasteiger partial charge in [0.1, 0.15) is 0 Å². The molecule has 0 saturated carbocycles. The van der Waals surface area contributed by atoms with Crippen molar-refractivity contribution in [3.05, 3.63) is 70.2 Å². The van der Waals surface area contributed by atoms with Crippen molar-refractivity contribution in [2.45, 2.75) is 31.7 Å². The van der Waals surface area contributed by atoms with E-state index in [0.717, 1.165) is 17.3 Å². The fraction of sp³-hybridized carbons (Fsp3) is 0.333. The minimum absolute atomic E-state index is 0.462. The van der Waals surface area contributed by atoms with Crippen LogP contribution in [0.25, 0.3) is 0 Å². The van der Waals surface area contributed by atoms with Crippen molar-refractivity contribution in [3.8, 4) is 0 Å². The van der Waals surface area contributed by atoms with Gasteiger partial charge in [-0.05, 0) is 49.1 Å². The fourth-order valence-electron chi connectivity index (χ4n) is 2.77. The van der Waals surface area contributed by atoms with Gasteiger partial charge >= 0.3 is 0 Å². The number of halogens is 1. The summed E-state index contributed by atoms with van der Waals surface area (Å²) in [5.41, 5.74) is 2.80. The third-order valence-corrected chi connectivity index (χ3v) is 4.42. The summed E-state index contributed by atoms with van der Waals surface area (Å²) in [7, 11) is 2.06. The average molecular weight is 332 g/mol. The third-order valence-electron chi connectivity index (χ3n) is 3.89. The van der Waals surface area contributed by atoms with Gasteiger partial charge in [-0.3, -0.25) is 0 Å². The molecule has 0 radical (unpaired) electrons. The molecule has 0 spiro atoms. The SMILES string of the molecule is CCC(c1ccccc1)C(Cc1ccc(Br)cc1)NC. The monoisotopic (exact) mass is 331 g/mol. The van der Waals surface area contributed by atoms with Crippen molar-refractivity contribution < 1.29 is 0 Å². The van der Waals surface area contributed by atoms with Gasteiger partial charge < -0.3 is 5.32 Å². The Hall–Kier alpha value is -1.12. The first-order valence-corrected chi connectivity index (χ1v) is 8.00. The zero-order chi connectivity index (χ0) is 14.4. The van der Waals surface area contributed by atoms with Crippen molar-refractivity contribution in [1.82, 2.24) is 5.32 Å². The highest BCUT2D eigenvalue weighted by molar-refractivity contribution is 9.10. The average Bonchev–Trinajstić information content (AvgIpc) is 2.50. The van der Waals surface area contributed by atoms with E-state index >= 15 is 0 Å².